The molecule has 0 bridgehead atoms. The highest BCUT2D eigenvalue weighted by Gasteiger charge is 2.44. The first-order valence-corrected chi connectivity index (χ1v) is 5.63. The first kappa shape index (κ1) is 12.0. The molecule has 0 spiro atoms. The Bertz CT molecular complexity index is 524. The Hall–Kier alpha value is -1.43. The summed E-state index contributed by atoms with van der Waals surface area (Å²) >= 11 is 0. The lowest BCUT2D eigenvalue weighted by atomic mass is 10.0. The quantitative estimate of drug-likeness (QED) is 0.846. The van der Waals surface area contributed by atoms with Crippen LogP contribution in [0, 0.1) is 5.92 Å². The molecule has 1 aliphatic rings. The highest BCUT2D eigenvalue weighted by atomic mass is 19.2. The molecule has 3 unspecified atom stereocenters. The Morgan fingerprint density at radius 2 is 2.35 bits per heavy atom. The van der Waals surface area contributed by atoms with Crippen molar-refractivity contribution in [1.82, 2.24) is 9.55 Å². The molecule has 0 aliphatic carbocycles. The van der Waals surface area contributed by atoms with Crippen LogP contribution in [0.2, 0.25) is 0 Å². The predicted octanol–water partition coefficient (Wildman–Crippen LogP) is 1.17. The molecule has 5 nitrogen and oxygen atoms in total. The maximum atomic E-state index is 14.0. The molecule has 3 atom stereocenters. The third kappa shape index (κ3) is 2.17. The van der Waals surface area contributed by atoms with E-state index in [1.165, 1.54) is 16.8 Å². The zero-order valence-electron chi connectivity index (χ0n) is 9.77. The Kier molecular flexibility index (Phi) is 2.91. The number of ether oxygens (including phenoxy) is 1. The normalized spacial score (nSPS) is 32.9. The van der Waals surface area contributed by atoms with E-state index in [1.54, 1.807) is 6.92 Å². The van der Waals surface area contributed by atoms with Crippen molar-refractivity contribution >= 4 is 0 Å². The highest BCUT2D eigenvalue weighted by molar-refractivity contribution is 4.89. The number of halogens is 1. The van der Waals surface area contributed by atoms with Gasteiger partial charge in [-0.25, -0.2) is 9.18 Å². The molecule has 1 aliphatic heterocycles. The first-order valence-electron chi connectivity index (χ1n) is 5.63. The van der Waals surface area contributed by atoms with Crippen molar-refractivity contribution in [1.29, 1.82) is 0 Å². The second kappa shape index (κ2) is 4.10. The molecule has 1 N–H and O–H groups in total. The lowest BCUT2D eigenvalue weighted by Gasteiger charge is -2.20. The molecule has 17 heavy (non-hydrogen) atoms. The van der Waals surface area contributed by atoms with Crippen molar-refractivity contribution in [3.63, 3.8) is 0 Å². The molecule has 1 aromatic rings. The largest absolute Gasteiger partial charge is 0.330 e. The molecular weight excluding hydrogens is 227 g/mol. The second-order valence-electron chi connectivity index (χ2n) is 4.44. The number of hydrogen-bond acceptors (Lipinski definition) is 3. The average molecular weight is 242 g/mol. The van der Waals surface area contributed by atoms with Gasteiger partial charge >= 0.3 is 5.69 Å². The van der Waals surface area contributed by atoms with E-state index >= 15 is 0 Å². The van der Waals surface area contributed by atoms with Crippen molar-refractivity contribution in [2.24, 2.45) is 5.92 Å². The van der Waals surface area contributed by atoms with E-state index in [0.717, 1.165) is 0 Å². The molecule has 1 aromatic heterocycles. The maximum Gasteiger partial charge on any atom is 0.330 e. The summed E-state index contributed by atoms with van der Waals surface area (Å²) in [5.74, 6) is -1.80. The van der Waals surface area contributed by atoms with Gasteiger partial charge in [-0.3, -0.25) is 14.3 Å². The van der Waals surface area contributed by atoms with Gasteiger partial charge in [0.1, 0.15) is 6.23 Å². The zero-order valence-corrected chi connectivity index (χ0v) is 9.77. The third-order valence-corrected chi connectivity index (χ3v) is 3.10. The summed E-state index contributed by atoms with van der Waals surface area (Å²) < 4.78 is 20.5. The minimum atomic E-state index is -1.68. The minimum Gasteiger partial charge on any atom is -0.321 e. The van der Waals surface area contributed by atoms with Gasteiger partial charge in [-0.2, -0.15) is 0 Å². The van der Waals surface area contributed by atoms with Crippen LogP contribution in [0.4, 0.5) is 4.39 Å². The summed E-state index contributed by atoms with van der Waals surface area (Å²) in [6.07, 6.45) is 1.17. The monoisotopic (exact) mass is 242 g/mol. The van der Waals surface area contributed by atoms with Crippen LogP contribution in [0.1, 0.15) is 32.9 Å². The van der Waals surface area contributed by atoms with Crippen molar-refractivity contribution in [3.8, 4) is 0 Å². The van der Waals surface area contributed by atoms with E-state index in [4.69, 9.17) is 4.74 Å². The van der Waals surface area contributed by atoms with Crippen molar-refractivity contribution in [2.75, 3.05) is 0 Å². The summed E-state index contributed by atoms with van der Waals surface area (Å²) in [5.41, 5.74) is -1.05. The molecule has 2 heterocycles. The van der Waals surface area contributed by atoms with E-state index in [0.29, 0.717) is 0 Å². The van der Waals surface area contributed by atoms with E-state index < -0.39 is 23.3 Å². The van der Waals surface area contributed by atoms with Crippen molar-refractivity contribution in [2.45, 2.75) is 38.8 Å². The Morgan fingerprint density at radius 3 is 2.88 bits per heavy atom. The summed E-state index contributed by atoms with van der Waals surface area (Å²) in [4.78, 5) is 24.6. The van der Waals surface area contributed by atoms with Gasteiger partial charge in [0.25, 0.3) is 5.56 Å². The van der Waals surface area contributed by atoms with Crippen LogP contribution in [0.15, 0.2) is 21.9 Å². The standard InChI is InChI=1S/C11H15FN2O3/c1-3-11(12)6-7(2)9(17-11)14-5-4-8(15)13-10(14)16/h4-5,7,9H,3,6H2,1-2H3,(H,13,15,16). The molecule has 6 heteroatoms. The van der Waals surface area contributed by atoms with Crippen LogP contribution in [0.3, 0.4) is 0 Å². The molecule has 1 saturated heterocycles. The molecule has 94 valence electrons. The van der Waals surface area contributed by atoms with Gasteiger partial charge in [-0.1, -0.05) is 13.8 Å². The molecule has 1 fully saturated rings. The van der Waals surface area contributed by atoms with E-state index in [1.807, 2.05) is 6.92 Å². The number of alkyl halides is 1. The van der Waals surface area contributed by atoms with Gasteiger partial charge < -0.3 is 4.74 Å². The van der Waals surface area contributed by atoms with E-state index in [9.17, 15) is 14.0 Å². The fraction of sp³-hybridized carbons (Fsp3) is 0.636. The number of aromatic nitrogens is 2. The van der Waals surface area contributed by atoms with Crippen LogP contribution in [0.25, 0.3) is 0 Å². The predicted molar refractivity (Wildman–Crippen MR) is 59.4 cm³/mol. The van der Waals surface area contributed by atoms with Gasteiger partial charge in [0.15, 0.2) is 0 Å². The topological polar surface area (TPSA) is 64.1 Å². The van der Waals surface area contributed by atoms with Crippen LogP contribution in [-0.2, 0) is 4.74 Å². The Balaban J connectivity index is 2.35. The molecule has 2 rings (SSSR count). The van der Waals surface area contributed by atoms with Crippen LogP contribution in [0.5, 0.6) is 0 Å². The smallest absolute Gasteiger partial charge is 0.321 e. The van der Waals surface area contributed by atoms with Crippen LogP contribution < -0.4 is 11.2 Å². The van der Waals surface area contributed by atoms with Crippen molar-refractivity contribution in [3.05, 3.63) is 33.1 Å². The van der Waals surface area contributed by atoms with E-state index in [-0.39, 0.29) is 18.8 Å². The summed E-state index contributed by atoms with van der Waals surface area (Å²) in [6.45, 7) is 3.52. The number of nitrogens with zero attached hydrogens (tertiary/aromatic N) is 1. The first-order chi connectivity index (χ1) is 7.95. The van der Waals surface area contributed by atoms with Gasteiger partial charge in [0, 0.05) is 31.0 Å². The van der Waals surface area contributed by atoms with Crippen molar-refractivity contribution < 1.29 is 9.13 Å². The summed E-state index contributed by atoms with van der Waals surface area (Å²) in [6, 6.07) is 1.22. The number of aromatic amines is 1. The average Bonchev–Trinajstić information content (AvgIpc) is 2.55. The number of hydrogen-bond donors (Lipinski definition) is 1. The van der Waals surface area contributed by atoms with Gasteiger partial charge in [-0.05, 0) is 0 Å². The lowest BCUT2D eigenvalue weighted by Crippen LogP contribution is -2.33. The lowest BCUT2D eigenvalue weighted by molar-refractivity contribution is -0.159. The van der Waals surface area contributed by atoms with Gasteiger partial charge in [0.05, 0.1) is 0 Å². The zero-order chi connectivity index (χ0) is 12.6. The molecule has 0 radical (unpaired) electrons. The maximum absolute atomic E-state index is 14.0. The highest BCUT2D eigenvalue weighted by Crippen LogP contribution is 2.42. The minimum absolute atomic E-state index is 0.122. The number of rotatable bonds is 2. The molecule has 0 saturated carbocycles. The Morgan fingerprint density at radius 1 is 1.65 bits per heavy atom. The van der Waals surface area contributed by atoms with Crippen LogP contribution >= 0.6 is 0 Å². The fourth-order valence-corrected chi connectivity index (χ4v) is 2.15. The summed E-state index contributed by atoms with van der Waals surface area (Å²) in [7, 11) is 0. The van der Waals surface area contributed by atoms with E-state index in [2.05, 4.69) is 4.98 Å². The van der Waals surface area contributed by atoms with Gasteiger partial charge in [-0.15, -0.1) is 0 Å². The summed E-state index contributed by atoms with van der Waals surface area (Å²) in [5, 5.41) is 0. The van der Waals surface area contributed by atoms with Gasteiger partial charge in [0.2, 0.25) is 5.85 Å². The van der Waals surface area contributed by atoms with Crippen LogP contribution in [-0.4, -0.2) is 15.4 Å². The molecular formula is C11H15FN2O3. The number of nitrogens with one attached hydrogen (secondary N) is 1. The molecule has 0 aromatic carbocycles. The SMILES string of the molecule is CCC1(F)CC(C)C(n2ccc(=O)[nH]c2=O)O1. The molecule has 0 amide bonds. The number of H-pyrrole nitrogens is 1. The third-order valence-electron chi connectivity index (χ3n) is 3.10. The second-order valence-corrected chi connectivity index (χ2v) is 4.44. The Labute approximate surface area is 97.2 Å². The fourth-order valence-electron chi connectivity index (χ4n) is 2.15.